The van der Waals surface area contributed by atoms with Crippen molar-refractivity contribution in [3.63, 3.8) is 0 Å². The summed E-state index contributed by atoms with van der Waals surface area (Å²) < 4.78 is 6.82. The van der Waals surface area contributed by atoms with E-state index in [0.717, 1.165) is 22.6 Å². The Balaban J connectivity index is 1.57. The molecule has 0 spiro atoms. The third-order valence-corrected chi connectivity index (χ3v) is 5.47. The van der Waals surface area contributed by atoms with Crippen molar-refractivity contribution in [1.82, 2.24) is 19.3 Å². The van der Waals surface area contributed by atoms with E-state index in [9.17, 15) is 9.59 Å². The number of nitrogens with one attached hydrogen (secondary N) is 1. The van der Waals surface area contributed by atoms with E-state index in [4.69, 9.17) is 9.72 Å². The molecule has 0 unspecified atom stereocenters. The molecule has 5 rings (SSSR count). The Morgan fingerprint density at radius 3 is 2.77 bits per heavy atom. The fraction of sp³-hybridized carbons (Fsp3) is 0.174. The van der Waals surface area contributed by atoms with E-state index < -0.39 is 0 Å². The lowest BCUT2D eigenvalue weighted by atomic mass is 10.1. The number of carbonyl (C=O) groups is 1. The molecular formula is C23H20N4O3. The van der Waals surface area contributed by atoms with Crippen molar-refractivity contribution in [2.45, 2.75) is 13.0 Å². The molecule has 0 atom stereocenters. The molecule has 7 heteroatoms. The van der Waals surface area contributed by atoms with Crippen molar-refractivity contribution < 1.29 is 9.53 Å². The zero-order valence-electron chi connectivity index (χ0n) is 16.5. The van der Waals surface area contributed by atoms with E-state index in [1.54, 1.807) is 18.2 Å². The molecule has 0 radical (unpaired) electrons. The molecule has 30 heavy (non-hydrogen) atoms. The number of carbonyl (C=O) groups excluding carboxylic acids is 1. The molecule has 4 aromatic rings. The molecule has 2 aromatic carbocycles. The van der Waals surface area contributed by atoms with Crippen LogP contribution in [0.2, 0.25) is 0 Å². The number of hydrogen-bond acceptors (Lipinski definition) is 4. The Kier molecular flexibility index (Phi) is 4.35. The van der Waals surface area contributed by atoms with Crippen molar-refractivity contribution in [2.75, 3.05) is 13.7 Å². The Morgan fingerprint density at radius 2 is 1.97 bits per heavy atom. The van der Waals surface area contributed by atoms with Gasteiger partial charge >= 0.3 is 5.69 Å². The second-order valence-corrected chi connectivity index (χ2v) is 7.28. The molecule has 0 saturated heterocycles. The summed E-state index contributed by atoms with van der Waals surface area (Å²) in [5, 5.41) is 0. The molecule has 1 amide bonds. The van der Waals surface area contributed by atoms with Crippen LogP contribution in [-0.4, -0.2) is 38.8 Å². The molecule has 1 aliphatic rings. The number of nitrogens with zero attached hydrogens (tertiary/aromatic N) is 3. The quantitative estimate of drug-likeness (QED) is 0.574. The smallest absolute Gasteiger partial charge is 0.331 e. The molecule has 1 N–H and O–H groups in total. The SMILES string of the molecule is COc1cccc(-c2cn3c(=O)[nH]c4c(c3n2)CN(C(=O)c2ccccc2)CC4)c1. The Hall–Kier alpha value is -3.87. The fourth-order valence-electron chi connectivity index (χ4n) is 3.90. The van der Waals surface area contributed by atoms with Crippen LogP contribution in [0, 0.1) is 0 Å². The number of aromatic nitrogens is 3. The van der Waals surface area contributed by atoms with Gasteiger partial charge in [0.15, 0.2) is 0 Å². The summed E-state index contributed by atoms with van der Waals surface area (Å²) in [6.07, 6.45) is 2.31. The van der Waals surface area contributed by atoms with Gasteiger partial charge < -0.3 is 14.6 Å². The van der Waals surface area contributed by atoms with Gasteiger partial charge in [-0.2, -0.15) is 0 Å². The average Bonchev–Trinajstić information content (AvgIpc) is 3.26. The normalized spacial score (nSPS) is 13.3. The number of aromatic amines is 1. The van der Waals surface area contributed by atoms with E-state index in [0.29, 0.717) is 36.4 Å². The lowest BCUT2D eigenvalue weighted by Crippen LogP contribution is -2.38. The number of hydrogen-bond donors (Lipinski definition) is 1. The van der Waals surface area contributed by atoms with Crippen LogP contribution in [0.1, 0.15) is 21.6 Å². The largest absolute Gasteiger partial charge is 0.497 e. The van der Waals surface area contributed by atoms with Crippen LogP contribution in [0.25, 0.3) is 16.9 Å². The minimum Gasteiger partial charge on any atom is -0.497 e. The maximum Gasteiger partial charge on any atom is 0.331 e. The molecular weight excluding hydrogens is 380 g/mol. The van der Waals surface area contributed by atoms with E-state index in [2.05, 4.69) is 4.98 Å². The molecule has 0 saturated carbocycles. The second kappa shape index (κ2) is 7.18. The van der Waals surface area contributed by atoms with Gasteiger partial charge in [-0.05, 0) is 24.3 Å². The van der Waals surface area contributed by atoms with Gasteiger partial charge in [-0.3, -0.25) is 9.20 Å². The van der Waals surface area contributed by atoms with Crippen LogP contribution in [-0.2, 0) is 13.0 Å². The van der Waals surface area contributed by atoms with E-state index in [1.807, 2.05) is 54.6 Å². The Bertz CT molecular complexity index is 1310. The summed E-state index contributed by atoms with van der Waals surface area (Å²) in [6.45, 7) is 0.953. The van der Waals surface area contributed by atoms with Gasteiger partial charge in [0.2, 0.25) is 0 Å². The number of methoxy groups -OCH3 is 1. The molecule has 0 fully saturated rings. The molecule has 0 bridgehead atoms. The average molecular weight is 400 g/mol. The van der Waals surface area contributed by atoms with Crippen molar-refractivity contribution in [2.24, 2.45) is 0 Å². The Morgan fingerprint density at radius 1 is 1.13 bits per heavy atom. The lowest BCUT2D eigenvalue weighted by molar-refractivity contribution is 0.0734. The van der Waals surface area contributed by atoms with Crippen LogP contribution in [0.5, 0.6) is 5.75 Å². The highest BCUT2D eigenvalue weighted by molar-refractivity contribution is 5.94. The monoisotopic (exact) mass is 400 g/mol. The summed E-state index contributed by atoms with van der Waals surface area (Å²) in [7, 11) is 1.61. The number of benzene rings is 2. The first-order valence-corrected chi connectivity index (χ1v) is 9.76. The predicted octanol–water partition coefficient (Wildman–Crippen LogP) is 2.90. The summed E-state index contributed by atoms with van der Waals surface area (Å²) in [5.74, 6) is 0.699. The summed E-state index contributed by atoms with van der Waals surface area (Å²) >= 11 is 0. The summed E-state index contributed by atoms with van der Waals surface area (Å²) in [4.78, 5) is 35.1. The lowest BCUT2D eigenvalue weighted by Gasteiger charge is -2.28. The number of amides is 1. The number of H-pyrrole nitrogens is 1. The second-order valence-electron chi connectivity index (χ2n) is 7.28. The molecule has 2 aromatic heterocycles. The van der Waals surface area contributed by atoms with E-state index >= 15 is 0 Å². The van der Waals surface area contributed by atoms with Gasteiger partial charge in [0.05, 0.1) is 19.3 Å². The Labute approximate surface area is 172 Å². The van der Waals surface area contributed by atoms with Gasteiger partial charge in [0.1, 0.15) is 11.4 Å². The predicted molar refractivity (Wildman–Crippen MR) is 113 cm³/mol. The highest BCUT2D eigenvalue weighted by atomic mass is 16.5. The molecule has 150 valence electrons. The van der Waals surface area contributed by atoms with Crippen molar-refractivity contribution in [3.05, 3.63) is 88.1 Å². The van der Waals surface area contributed by atoms with Crippen LogP contribution in [0.3, 0.4) is 0 Å². The molecule has 3 heterocycles. The standard InChI is InChI=1S/C23H20N4O3/c1-30-17-9-5-8-16(12-17)20-14-27-21(24-20)18-13-26(11-10-19(18)25-23(27)29)22(28)15-6-3-2-4-7-15/h2-9,12,14H,10-11,13H2,1H3,(H,25,29). The first kappa shape index (κ1) is 18.2. The number of fused-ring (bicyclic) bond motifs is 3. The van der Waals surface area contributed by atoms with Crippen LogP contribution >= 0.6 is 0 Å². The highest BCUT2D eigenvalue weighted by Crippen LogP contribution is 2.26. The maximum atomic E-state index is 12.9. The van der Waals surface area contributed by atoms with Gasteiger partial charge in [0.25, 0.3) is 5.91 Å². The van der Waals surface area contributed by atoms with Gasteiger partial charge in [-0.1, -0.05) is 30.3 Å². The molecule has 0 aliphatic carbocycles. The highest BCUT2D eigenvalue weighted by Gasteiger charge is 2.26. The molecule has 1 aliphatic heterocycles. The maximum absolute atomic E-state index is 12.9. The topological polar surface area (TPSA) is 79.7 Å². The fourth-order valence-corrected chi connectivity index (χ4v) is 3.90. The van der Waals surface area contributed by atoms with Crippen LogP contribution < -0.4 is 10.4 Å². The van der Waals surface area contributed by atoms with Gasteiger partial charge in [0, 0.05) is 41.5 Å². The third kappa shape index (κ3) is 3.04. The summed E-state index contributed by atoms with van der Waals surface area (Å²) in [5.41, 5.74) is 4.26. The van der Waals surface area contributed by atoms with Crippen molar-refractivity contribution in [3.8, 4) is 17.0 Å². The first-order valence-electron chi connectivity index (χ1n) is 9.76. The van der Waals surface area contributed by atoms with Crippen LogP contribution in [0.4, 0.5) is 0 Å². The minimum absolute atomic E-state index is 0.0230. The zero-order chi connectivity index (χ0) is 20.7. The zero-order valence-corrected chi connectivity index (χ0v) is 16.5. The van der Waals surface area contributed by atoms with E-state index in [1.165, 1.54) is 4.40 Å². The number of ether oxygens (including phenoxy) is 1. The van der Waals surface area contributed by atoms with Gasteiger partial charge in [-0.25, -0.2) is 9.78 Å². The van der Waals surface area contributed by atoms with Crippen molar-refractivity contribution >= 4 is 11.6 Å². The van der Waals surface area contributed by atoms with Gasteiger partial charge in [-0.15, -0.1) is 0 Å². The first-order chi connectivity index (χ1) is 14.6. The number of rotatable bonds is 3. The van der Waals surface area contributed by atoms with Crippen LogP contribution in [0.15, 0.2) is 65.6 Å². The number of imidazole rings is 1. The molecule has 7 nitrogen and oxygen atoms in total. The third-order valence-electron chi connectivity index (χ3n) is 5.47. The minimum atomic E-state index is -0.228. The summed E-state index contributed by atoms with van der Waals surface area (Å²) in [6, 6.07) is 16.8. The van der Waals surface area contributed by atoms with Crippen molar-refractivity contribution in [1.29, 1.82) is 0 Å². The van der Waals surface area contributed by atoms with E-state index in [-0.39, 0.29) is 11.6 Å².